The molecule has 0 fully saturated rings. The maximum Gasteiger partial charge on any atom is 0.156 e. The molecule has 150 valence electrons. The summed E-state index contributed by atoms with van der Waals surface area (Å²) < 4.78 is 0. The van der Waals surface area contributed by atoms with Crippen molar-refractivity contribution in [1.82, 2.24) is 15.3 Å². The van der Waals surface area contributed by atoms with Crippen LogP contribution < -0.4 is 10.6 Å². The fourth-order valence-electron chi connectivity index (χ4n) is 2.12. The van der Waals surface area contributed by atoms with Crippen LogP contribution in [-0.2, 0) is 6.42 Å². The van der Waals surface area contributed by atoms with Crippen LogP contribution in [0.4, 0.5) is 5.82 Å². The Morgan fingerprint density at radius 3 is 2.21 bits per heavy atom. The molecule has 0 amide bonds. The van der Waals surface area contributed by atoms with Crippen molar-refractivity contribution in [3.8, 4) is 12.8 Å². The van der Waals surface area contributed by atoms with Gasteiger partial charge in [0.05, 0.1) is 12.2 Å². The highest BCUT2D eigenvalue weighted by Gasteiger charge is 2.14. The van der Waals surface area contributed by atoms with Gasteiger partial charge >= 0.3 is 0 Å². The van der Waals surface area contributed by atoms with Crippen LogP contribution in [0.3, 0.4) is 0 Å². The molecule has 1 unspecified atom stereocenters. The van der Waals surface area contributed by atoms with Crippen molar-refractivity contribution >= 4 is 12.5 Å². The van der Waals surface area contributed by atoms with E-state index >= 15 is 0 Å². The monoisotopic (exact) mass is 378 g/mol. The summed E-state index contributed by atoms with van der Waals surface area (Å²) in [6.45, 7) is 15.6. The van der Waals surface area contributed by atoms with E-state index in [2.05, 4.69) is 98.7 Å². The van der Waals surface area contributed by atoms with Gasteiger partial charge in [-0.3, -0.25) is 4.98 Å². The van der Waals surface area contributed by atoms with Gasteiger partial charge in [-0.25, -0.2) is 4.98 Å². The minimum atomic E-state index is 0.0675. The lowest BCUT2D eigenvalue weighted by Crippen LogP contribution is -2.35. The number of nitrogens with zero attached hydrogens (tertiary/aromatic N) is 2. The van der Waals surface area contributed by atoms with E-state index < -0.39 is 0 Å². The molecule has 0 aliphatic heterocycles. The molecule has 0 saturated heterocycles. The summed E-state index contributed by atoms with van der Waals surface area (Å²) in [7, 11) is 0. The van der Waals surface area contributed by atoms with Crippen molar-refractivity contribution in [2.24, 2.45) is 5.92 Å². The van der Waals surface area contributed by atoms with E-state index in [0.29, 0.717) is 6.71 Å². The molecule has 0 spiro atoms. The Morgan fingerprint density at radius 2 is 1.71 bits per heavy atom. The predicted molar refractivity (Wildman–Crippen MR) is 125 cm³/mol. The molecule has 5 heteroatoms. The summed E-state index contributed by atoms with van der Waals surface area (Å²) in [5.74, 6) is 1.59. The van der Waals surface area contributed by atoms with Gasteiger partial charge in [0.1, 0.15) is 5.82 Å². The molecule has 0 aliphatic rings. The van der Waals surface area contributed by atoms with Gasteiger partial charge < -0.3 is 10.6 Å². The summed E-state index contributed by atoms with van der Waals surface area (Å²) in [5, 5.41) is 6.83. The first-order valence-electron chi connectivity index (χ1n) is 9.71. The predicted octanol–water partition coefficient (Wildman–Crippen LogP) is 4.81. The highest BCUT2D eigenvalue weighted by molar-refractivity contribution is 6.55. The number of hydrogen-bond acceptors (Lipinski definition) is 4. The number of hydrogen-bond donors (Lipinski definition) is 2. The minimum Gasteiger partial charge on any atom is -0.395 e. The molecular formula is C23H35BN4. The Morgan fingerprint density at radius 1 is 1.11 bits per heavy atom. The largest absolute Gasteiger partial charge is 0.395 e. The van der Waals surface area contributed by atoms with Crippen LogP contribution in [0.1, 0.15) is 26.3 Å². The number of anilines is 1. The zero-order valence-corrected chi connectivity index (χ0v) is 18.0. The molecule has 1 atom stereocenters. The lowest BCUT2D eigenvalue weighted by atomic mass is 9.55. The summed E-state index contributed by atoms with van der Waals surface area (Å²) in [6.07, 6.45) is 14.8. The summed E-state index contributed by atoms with van der Waals surface area (Å²) in [4.78, 5) is 8.40. The van der Waals surface area contributed by atoms with E-state index in [9.17, 15) is 0 Å². The third kappa shape index (κ3) is 12.6. The quantitative estimate of drug-likeness (QED) is 0.511. The molecule has 0 bridgehead atoms. The number of nitrogens with one attached hydrogen (secondary N) is 2. The molecule has 2 aromatic rings. The Bertz CT molecular complexity index is 610. The van der Waals surface area contributed by atoms with Crippen LogP contribution >= 0.6 is 0 Å². The topological polar surface area (TPSA) is 49.8 Å². The molecule has 0 aliphatic carbocycles. The normalized spacial score (nSPS) is 10.4. The van der Waals surface area contributed by atoms with Crippen molar-refractivity contribution in [2.75, 3.05) is 11.8 Å². The third-order valence-electron chi connectivity index (χ3n) is 3.33. The molecule has 2 N–H and O–H groups in total. The zero-order chi connectivity index (χ0) is 21.4. The van der Waals surface area contributed by atoms with Crippen LogP contribution in [0.5, 0.6) is 0 Å². The van der Waals surface area contributed by atoms with E-state index in [1.807, 2.05) is 6.07 Å². The van der Waals surface area contributed by atoms with E-state index in [1.165, 1.54) is 5.56 Å². The Labute approximate surface area is 172 Å². The van der Waals surface area contributed by atoms with Crippen molar-refractivity contribution in [2.45, 2.75) is 46.9 Å². The van der Waals surface area contributed by atoms with Gasteiger partial charge in [-0.1, -0.05) is 71.3 Å². The number of rotatable bonds is 8. The summed E-state index contributed by atoms with van der Waals surface area (Å²) in [6, 6.07) is 10.5. The molecular weight excluding hydrogens is 343 g/mol. The Kier molecular flexibility index (Phi) is 13.8. The lowest BCUT2D eigenvalue weighted by molar-refractivity contribution is 0.735. The van der Waals surface area contributed by atoms with Crippen molar-refractivity contribution in [1.29, 1.82) is 0 Å². The van der Waals surface area contributed by atoms with Crippen LogP contribution in [-0.4, -0.2) is 29.2 Å². The van der Waals surface area contributed by atoms with E-state index in [1.54, 1.807) is 18.6 Å². The first-order valence-corrected chi connectivity index (χ1v) is 9.71. The SMILES string of the molecule is C#C.C=C(NCB(C)C)C(Cc1ccccc1)Nc1cnccn1.CC(C)C. The van der Waals surface area contributed by atoms with Crippen molar-refractivity contribution < 1.29 is 0 Å². The van der Waals surface area contributed by atoms with Gasteiger partial charge in [0.2, 0.25) is 0 Å². The molecule has 28 heavy (non-hydrogen) atoms. The van der Waals surface area contributed by atoms with Gasteiger partial charge in [-0.2, -0.15) is 0 Å². The molecule has 0 saturated carbocycles. The minimum absolute atomic E-state index is 0.0675. The van der Waals surface area contributed by atoms with Gasteiger partial charge in [0.25, 0.3) is 0 Å². The van der Waals surface area contributed by atoms with Gasteiger partial charge in [-0.05, 0) is 24.3 Å². The molecule has 1 heterocycles. The highest BCUT2D eigenvalue weighted by atomic mass is 15.1. The first-order chi connectivity index (χ1) is 13.4. The van der Waals surface area contributed by atoms with E-state index in [4.69, 9.17) is 0 Å². The molecule has 1 aromatic heterocycles. The molecule has 2 rings (SSSR count). The zero-order valence-electron chi connectivity index (χ0n) is 18.0. The second-order valence-corrected chi connectivity index (χ2v) is 7.51. The van der Waals surface area contributed by atoms with Crippen LogP contribution in [0, 0.1) is 18.8 Å². The number of aromatic nitrogens is 2. The third-order valence-corrected chi connectivity index (χ3v) is 3.33. The van der Waals surface area contributed by atoms with Crippen molar-refractivity contribution in [3.63, 3.8) is 0 Å². The van der Waals surface area contributed by atoms with Gasteiger partial charge in [0, 0.05) is 18.1 Å². The average Bonchev–Trinajstić information content (AvgIpc) is 2.68. The highest BCUT2D eigenvalue weighted by Crippen LogP contribution is 2.12. The maximum absolute atomic E-state index is 4.30. The second kappa shape index (κ2) is 15.3. The van der Waals surface area contributed by atoms with Crippen LogP contribution in [0.15, 0.2) is 61.2 Å². The van der Waals surface area contributed by atoms with Crippen LogP contribution in [0.2, 0.25) is 13.6 Å². The Balaban J connectivity index is 0.00000108. The molecule has 4 nitrogen and oxygen atoms in total. The molecule has 1 aromatic carbocycles. The van der Waals surface area contributed by atoms with Gasteiger partial charge in [0.15, 0.2) is 6.71 Å². The fraction of sp³-hybridized carbons (Fsp3) is 0.391. The lowest BCUT2D eigenvalue weighted by Gasteiger charge is -2.23. The average molecular weight is 378 g/mol. The first kappa shape index (κ1) is 25.3. The standard InChI is InChI=1S/C17H23BN4.C4H10.C2H2/c1-14(21-13-18(2)3)16(11-15-7-5-4-6-8-15)22-17-12-19-9-10-20-17;1-4(2)3;1-2/h4-10,12,16,21H,1,11,13H2,2-3H3,(H,20,22);4H,1-3H3;1-2H. The Hall–Kier alpha value is -2.74. The smallest absolute Gasteiger partial charge is 0.156 e. The van der Waals surface area contributed by atoms with Gasteiger partial charge in [-0.15, -0.1) is 12.8 Å². The maximum atomic E-state index is 4.30. The summed E-state index contributed by atoms with van der Waals surface area (Å²) >= 11 is 0. The fourth-order valence-corrected chi connectivity index (χ4v) is 2.12. The number of terminal acetylenes is 1. The van der Waals surface area contributed by atoms with Crippen LogP contribution in [0.25, 0.3) is 0 Å². The van der Waals surface area contributed by atoms with Crippen molar-refractivity contribution in [3.05, 3.63) is 66.8 Å². The van der Waals surface area contributed by atoms with E-state index in [0.717, 1.165) is 30.3 Å². The number of benzene rings is 1. The summed E-state index contributed by atoms with van der Waals surface area (Å²) in [5.41, 5.74) is 2.24. The second-order valence-electron chi connectivity index (χ2n) is 7.51. The molecule has 0 radical (unpaired) electrons. The van der Waals surface area contributed by atoms with E-state index in [-0.39, 0.29) is 6.04 Å².